The molecule has 0 fully saturated rings. The summed E-state index contributed by atoms with van der Waals surface area (Å²) in [6, 6.07) is 11.1. The molecular formula is C17H11F3N4O3. The molecule has 138 valence electrons. The highest BCUT2D eigenvalue weighted by Crippen LogP contribution is 2.25. The molecule has 0 amide bonds. The van der Waals surface area contributed by atoms with Gasteiger partial charge in [0.05, 0.1) is 5.56 Å². The number of alkyl halides is 3. The van der Waals surface area contributed by atoms with Crippen molar-refractivity contribution in [1.82, 2.24) is 15.0 Å². The molecule has 3 aromatic rings. The predicted octanol–water partition coefficient (Wildman–Crippen LogP) is 3.88. The van der Waals surface area contributed by atoms with Gasteiger partial charge in [0.1, 0.15) is 12.1 Å². The van der Waals surface area contributed by atoms with Crippen molar-refractivity contribution < 1.29 is 27.8 Å². The number of carbonyl (C=O) groups is 1. The number of carboxylic acids is 1. The van der Waals surface area contributed by atoms with Gasteiger partial charge in [-0.05, 0) is 36.4 Å². The molecule has 2 N–H and O–H groups in total. The molecule has 0 aliphatic rings. The number of aromatic carboxylic acids is 1. The first-order valence-electron chi connectivity index (χ1n) is 7.46. The van der Waals surface area contributed by atoms with Crippen molar-refractivity contribution in [2.75, 3.05) is 5.32 Å². The summed E-state index contributed by atoms with van der Waals surface area (Å²) in [4.78, 5) is 23.2. The quantitative estimate of drug-likeness (QED) is 0.697. The van der Waals surface area contributed by atoms with Crippen LogP contribution in [0, 0.1) is 0 Å². The Hall–Kier alpha value is -3.69. The minimum absolute atomic E-state index is 0.0858. The average molecular weight is 376 g/mol. The van der Waals surface area contributed by atoms with E-state index in [1.807, 2.05) is 0 Å². The molecule has 3 rings (SSSR count). The lowest BCUT2D eigenvalue weighted by Gasteiger charge is -2.10. The zero-order valence-corrected chi connectivity index (χ0v) is 13.4. The summed E-state index contributed by atoms with van der Waals surface area (Å²) >= 11 is 0. The van der Waals surface area contributed by atoms with Gasteiger partial charge in [0, 0.05) is 11.3 Å². The SMILES string of the molecule is O=C(O)c1cccc(-c2ncnc(Nc3ccc(OC(F)(F)F)cc3)n2)c1. The van der Waals surface area contributed by atoms with Crippen LogP contribution < -0.4 is 10.1 Å². The highest BCUT2D eigenvalue weighted by molar-refractivity contribution is 5.89. The normalized spacial score (nSPS) is 11.1. The van der Waals surface area contributed by atoms with Gasteiger partial charge in [-0.1, -0.05) is 12.1 Å². The van der Waals surface area contributed by atoms with Crippen molar-refractivity contribution in [3.63, 3.8) is 0 Å². The predicted molar refractivity (Wildman–Crippen MR) is 88.6 cm³/mol. The number of aromatic nitrogens is 3. The van der Waals surface area contributed by atoms with Crippen LogP contribution in [0.1, 0.15) is 10.4 Å². The lowest BCUT2D eigenvalue weighted by Crippen LogP contribution is -2.17. The van der Waals surface area contributed by atoms with Gasteiger partial charge in [0.2, 0.25) is 5.95 Å². The third-order valence-electron chi connectivity index (χ3n) is 3.28. The number of anilines is 2. The molecule has 0 aliphatic heterocycles. The topological polar surface area (TPSA) is 97.2 Å². The number of halogens is 3. The van der Waals surface area contributed by atoms with Crippen LogP contribution in [0.3, 0.4) is 0 Å². The number of hydrogen-bond acceptors (Lipinski definition) is 6. The van der Waals surface area contributed by atoms with Crippen molar-refractivity contribution in [2.45, 2.75) is 6.36 Å². The first-order valence-corrected chi connectivity index (χ1v) is 7.46. The van der Waals surface area contributed by atoms with Crippen molar-refractivity contribution in [1.29, 1.82) is 0 Å². The monoisotopic (exact) mass is 376 g/mol. The van der Waals surface area contributed by atoms with E-state index >= 15 is 0 Å². The van der Waals surface area contributed by atoms with Gasteiger partial charge in [0.15, 0.2) is 5.82 Å². The maximum atomic E-state index is 12.2. The Morgan fingerprint density at radius 2 is 1.81 bits per heavy atom. The van der Waals surface area contributed by atoms with Crippen LogP contribution in [0.25, 0.3) is 11.4 Å². The minimum Gasteiger partial charge on any atom is -0.478 e. The number of nitrogens with zero attached hydrogens (tertiary/aromatic N) is 3. The Morgan fingerprint density at radius 1 is 1.07 bits per heavy atom. The Morgan fingerprint density at radius 3 is 2.48 bits per heavy atom. The summed E-state index contributed by atoms with van der Waals surface area (Å²) in [6.45, 7) is 0. The summed E-state index contributed by atoms with van der Waals surface area (Å²) < 4.78 is 40.3. The van der Waals surface area contributed by atoms with Gasteiger partial charge >= 0.3 is 12.3 Å². The molecule has 0 radical (unpaired) electrons. The molecule has 0 bridgehead atoms. The maximum Gasteiger partial charge on any atom is 0.573 e. The van der Waals surface area contributed by atoms with Crippen LogP contribution in [0.2, 0.25) is 0 Å². The fraction of sp³-hybridized carbons (Fsp3) is 0.0588. The lowest BCUT2D eigenvalue weighted by molar-refractivity contribution is -0.274. The summed E-state index contributed by atoms with van der Waals surface area (Å²) in [5.74, 6) is -1.04. The second kappa shape index (κ2) is 7.28. The molecule has 1 aromatic heterocycles. The summed E-state index contributed by atoms with van der Waals surface area (Å²) in [5, 5.41) is 11.9. The van der Waals surface area contributed by atoms with Gasteiger partial charge in [-0.15, -0.1) is 13.2 Å². The minimum atomic E-state index is -4.76. The summed E-state index contributed by atoms with van der Waals surface area (Å²) in [5.41, 5.74) is 0.998. The van der Waals surface area contributed by atoms with E-state index in [0.717, 1.165) is 12.1 Å². The third kappa shape index (κ3) is 4.91. The van der Waals surface area contributed by atoms with E-state index in [4.69, 9.17) is 5.11 Å². The number of nitrogens with one attached hydrogen (secondary N) is 1. The molecule has 2 aromatic carbocycles. The molecule has 10 heteroatoms. The standard InChI is InChI=1S/C17H11F3N4O3/c18-17(19,20)27-13-6-4-12(5-7-13)23-16-22-9-21-14(24-16)10-2-1-3-11(8-10)15(25)26/h1-9H,(H,25,26)(H,21,22,23,24). The molecule has 1 heterocycles. The molecule has 0 spiro atoms. The van der Waals surface area contributed by atoms with Gasteiger partial charge in [0.25, 0.3) is 0 Å². The zero-order chi connectivity index (χ0) is 19.4. The molecule has 7 nitrogen and oxygen atoms in total. The first-order chi connectivity index (χ1) is 12.8. The molecule has 0 unspecified atom stereocenters. The van der Waals surface area contributed by atoms with Gasteiger partial charge in [-0.3, -0.25) is 0 Å². The molecule has 0 saturated heterocycles. The largest absolute Gasteiger partial charge is 0.573 e. The Labute approximate surface area is 150 Å². The average Bonchev–Trinajstić information content (AvgIpc) is 2.62. The maximum absolute atomic E-state index is 12.2. The molecule has 0 aliphatic carbocycles. The van der Waals surface area contributed by atoms with Crippen molar-refractivity contribution in [3.05, 3.63) is 60.4 Å². The Kier molecular flexibility index (Phi) is 4.88. The van der Waals surface area contributed by atoms with E-state index in [9.17, 15) is 18.0 Å². The highest BCUT2D eigenvalue weighted by atomic mass is 19.4. The molecule has 27 heavy (non-hydrogen) atoms. The third-order valence-corrected chi connectivity index (χ3v) is 3.28. The lowest BCUT2D eigenvalue weighted by atomic mass is 10.1. The van der Waals surface area contributed by atoms with E-state index in [1.54, 1.807) is 12.1 Å². The van der Waals surface area contributed by atoms with Crippen molar-refractivity contribution in [2.24, 2.45) is 0 Å². The van der Waals surface area contributed by atoms with Crippen LogP contribution in [0.5, 0.6) is 5.75 Å². The van der Waals surface area contributed by atoms with E-state index in [2.05, 4.69) is 25.0 Å². The summed E-state index contributed by atoms with van der Waals surface area (Å²) in [7, 11) is 0. The smallest absolute Gasteiger partial charge is 0.478 e. The van der Waals surface area contributed by atoms with E-state index < -0.39 is 12.3 Å². The fourth-order valence-electron chi connectivity index (χ4n) is 2.16. The van der Waals surface area contributed by atoms with Gasteiger partial charge in [-0.25, -0.2) is 14.8 Å². The highest BCUT2D eigenvalue weighted by Gasteiger charge is 2.30. The van der Waals surface area contributed by atoms with Gasteiger partial charge in [-0.2, -0.15) is 4.98 Å². The van der Waals surface area contributed by atoms with Crippen molar-refractivity contribution in [3.8, 4) is 17.1 Å². The number of ether oxygens (including phenoxy) is 1. The molecule has 0 saturated carbocycles. The molecular weight excluding hydrogens is 365 g/mol. The van der Waals surface area contributed by atoms with E-state index in [0.29, 0.717) is 11.3 Å². The first kappa shape index (κ1) is 18.1. The van der Waals surface area contributed by atoms with E-state index in [-0.39, 0.29) is 23.1 Å². The number of carboxylic acid groups (broad SMARTS) is 1. The second-order valence-electron chi connectivity index (χ2n) is 5.22. The van der Waals surface area contributed by atoms with Crippen LogP contribution in [-0.2, 0) is 0 Å². The van der Waals surface area contributed by atoms with Crippen LogP contribution in [0.15, 0.2) is 54.9 Å². The van der Waals surface area contributed by atoms with Crippen LogP contribution in [-0.4, -0.2) is 32.4 Å². The van der Waals surface area contributed by atoms with Crippen molar-refractivity contribution >= 4 is 17.6 Å². The molecule has 0 atom stereocenters. The zero-order valence-electron chi connectivity index (χ0n) is 13.4. The van der Waals surface area contributed by atoms with E-state index in [1.165, 1.54) is 30.6 Å². The van der Waals surface area contributed by atoms with Gasteiger partial charge < -0.3 is 15.2 Å². The number of benzene rings is 2. The fourth-order valence-corrected chi connectivity index (χ4v) is 2.16. The number of rotatable bonds is 5. The Balaban J connectivity index is 1.78. The summed E-state index contributed by atoms with van der Waals surface area (Å²) in [6.07, 6.45) is -3.53. The number of hydrogen-bond donors (Lipinski definition) is 2. The van der Waals surface area contributed by atoms with Crippen LogP contribution in [0.4, 0.5) is 24.8 Å². The van der Waals surface area contributed by atoms with Crippen LogP contribution >= 0.6 is 0 Å². The second-order valence-corrected chi connectivity index (χ2v) is 5.22. The Bertz CT molecular complexity index is 962.